The van der Waals surface area contributed by atoms with Gasteiger partial charge in [-0.1, -0.05) is 29.3 Å². The molecule has 3 aromatic rings. The van der Waals surface area contributed by atoms with E-state index in [-0.39, 0.29) is 24.4 Å². The van der Waals surface area contributed by atoms with Crippen molar-refractivity contribution in [2.45, 2.75) is 26.8 Å². The maximum absolute atomic E-state index is 12.2. The van der Waals surface area contributed by atoms with Crippen LogP contribution in [0.4, 0.5) is 0 Å². The van der Waals surface area contributed by atoms with Crippen molar-refractivity contribution in [2.24, 2.45) is 0 Å². The van der Waals surface area contributed by atoms with Crippen molar-refractivity contribution in [3.63, 3.8) is 0 Å². The van der Waals surface area contributed by atoms with E-state index in [4.69, 9.17) is 0 Å². The number of rotatable bonds is 5. The first-order chi connectivity index (χ1) is 12.4. The fraction of sp³-hybridized carbons (Fsp3) is 0.250. The number of hydrogen-bond acceptors (Lipinski definition) is 3. The second-order valence-electron chi connectivity index (χ2n) is 6.49. The Morgan fingerprint density at radius 2 is 1.81 bits per heavy atom. The first kappa shape index (κ1) is 17.7. The molecule has 134 valence electrons. The van der Waals surface area contributed by atoms with Gasteiger partial charge in [0.2, 0.25) is 5.91 Å². The quantitative estimate of drug-likeness (QED) is 0.661. The molecule has 0 aliphatic carbocycles. The number of aromatic nitrogens is 2. The number of hydrogen-bond donors (Lipinski definition) is 3. The molecular weight excluding hydrogens is 328 g/mol. The molecule has 2 amide bonds. The highest BCUT2D eigenvalue weighted by Crippen LogP contribution is 2.15. The molecule has 1 unspecified atom stereocenters. The summed E-state index contributed by atoms with van der Waals surface area (Å²) in [6.45, 7) is 5.63. The Hall–Kier alpha value is -3.15. The summed E-state index contributed by atoms with van der Waals surface area (Å²) in [6.07, 6.45) is 0. The third-order valence-electron chi connectivity index (χ3n) is 4.09. The summed E-state index contributed by atoms with van der Waals surface area (Å²) in [6, 6.07) is 13.0. The fourth-order valence-electron chi connectivity index (χ4n) is 2.91. The van der Waals surface area contributed by atoms with Crippen LogP contribution < -0.4 is 10.6 Å². The molecule has 1 heterocycles. The Morgan fingerprint density at radius 1 is 1.12 bits per heavy atom. The second kappa shape index (κ2) is 7.39. The lowest BCUT2D eigenvalue weighted by molar-refractivity contribution is -0.120. The minimum absolute atomic E-state index is 0.0869. The smallest absolute Gasteiger partial charge is 0.251 e. The van der Waals surface area contributed by atoms with Gasteiger partial charge in [0.1, 0.15) is 5.82 Å². The Bertz CT molecular complexity index is 908. The maximum Gasteiger partial charge on any atom is 0.251 e. The van der Waals surface area contributed by atoms with Gasteiger partial charge in [-0.25, -0.2) is 4.98 Å². The standard InChI is InChI=1S/C20H22N4O2/c1-12-8-13(2)10-15(9-12)20(26)21-11-18(25)22-14(3)19-23-16-6-4-5-7-17(16)24-19/h4-10,14H,11H2,1-3H3,(H,21,26)(H,22,25)(H,23,24). The summed E-state index contributed by atoms with van der Waals surface area (Å²) in [5.41, 5.74) is 4.36. The van der Waals surface area contributed by atoms with Gasteiger partial charge in [-0.15, -0.1) is 0 Å². The number of para-hydroxylation sites is 2. The topological polar surface area (TPSA) is 86.9 Å². The number of aryl methyl sites for hydroxylation is 2. The molecule has 0 saturated heterocycles. The van der Waals surface area contributed by atoms with Gasteiger partial charge in [0.15, 0.2) is 0 Å². The zero-order valence-electron chi connectivity index (χ0n) is 15.1. The summed E-state index contributed by atoms with van der Waals surface area (Å²) in [5, 5.41) is 5.49. The average molecular weight is 350 g/mol. The van der Waals surface area contributed by atoms with Crippen molar-refractivity contribution in [1.29, 1.82) is 0 Å². The van der Waals surface area contributed by atoms with Crippen LogP contribution in [0.5, 0.6) is 0 Å². The molecule has 0 bridgehead atoms. The highest BCUT2D eigenvalue weighted by Gasteiger charge is 2.14. The predicted octanol–water partition coefficient (Wildman–Crippen LogP) is 2.79. The van der Waals surface area contributed by atoms with Crippen LogP contribution in [0.3, 0.4) is 0 Å². The van der Waals surface area contributed by atoms with Crippen molar-refractivity contribution in [1.82, 2.24) is 20.6 Å². The van der Waals surface area contributed by atoms with Crippen LogP contribution in [0.1, 0.15) is 40.3 Å². The summed E-state index contributed by atoms with van der Waals surface area (Å²) in [5.74, 6) is 0.152. The highest BCUT2D eigenvalue weighted by atomic mass is 16.2. The van der Waals surface area contributed by atoms with Crippen molar-refractivity contribution in [3.05, 3.63) is 65.0 Å². The van der Waals surface area contributed by atoms with Crippen LogP contribution in [0, 0.1) is 13.8 Å². The van der Waals surface area contributed by atoms with Crippen LogP contribution in [0.15, 0.2) is 42.5 Å². The summed E-state index contributed by atoms with van der Waals surface area (Å²) in [4.78, 5) is 32.0. The molecule has 0 fully saturated rings. The molecule has 6 nitrogen and oxygen atoms in total. The second-order valence-corrected chi connectivity index (χ2v) is 6.49. The van der Waals surface area contributed by atoms with Crippen LogP contribution in [-0.2, 0) is 4.79 Å². The van der Waals surface area contributed by atoms with Crippen molar-refractivity contribution < 1.29 is 9.59 Å². The number of aromatic amines is 1. The first-order valence-electron chi connectivity index (χ1n) is 8.53. The number of amides is 2. The SMILES string of the molecule is Cc1cc(C)cc(C(=O)NCC(=O)NC(C)c2nc3ccccc3[nH]2)c1. The fourth-order valence-corrected chi connectivity index (χ4v) is 2.91. The number of benzene rings is 2. The zero-order valence-corrected chi connectivity index (χ0v) is 15.1. The maximum atomic E-state index is 12.2. The molecule has 0 spiro atoms. The van der Waals surface area contributed by atoms with Gasteiger partial charge >= 0.3 is 0 Å². The lowest BCUT2D eigenvalue weighted by Crippen LogP contribution is -2.38. The van der Waals surface area contributed by atoms with Gasteiger partial charge in [0.25, 0.3) is 5.91 Å². The zero-order chi connectivity index (χ0) is 18.7. The number of H-pyrrole nitrogens is 1. The van der Waals surface area contributed by atoms with Crippen LogP contribution >= 0.6 is 0 Å². The van der Waals surface area contributed by atoms with Crippen molar-refractivity contribution in [2.75, 3.05) is 6.54 Å². The van der Waals surface area contributed by atoms with E-state index in [1.54, 1.807) is 12.1 Å². The highest BCUT2D eigenvalue weighted by molar-refractivity contribution is 5.96. The number of imidazole rings is 1. The predicted molar refractivity (Wildman–Crippen MR) is 101 cm³/mol. The number of nitrogens with zero attached hydrogens (tertiary/aromatic N) is 1. The van der Waals surface area contributed by atoms with E-state index in [1.165, 1.54) is 0 Å². The Balaban J connectivity index is 1.57. The number of carbonyl (C=O) groups is 2. The third kappa shape index (κ3) is 4.08. The van der Waals surface area contributed by atoms with E-state index in [0.717, 1.165) is 22.2 Å². The van der Waals surface area contributed by atoms with Gasteiger partial charge < -0.3 is 15.6 Å². The summed E-state index contributed by atoms with van der Waals surface area (Å²) in [7, 11) is 0. The molecule has 2 aromatic carbocycles. The van der Waals surface area contributed by atoms with Crippen LogP contribution in [0.25, 0.3) is 11.0 Å². The monoisotopic (exact) mass is 350 g/mol. The van der Waals surface area contributed by atoms with Gasteiger partial charge in [0.05, 0.1) is 23.6 Å². The normalized spacial score (nSPS) is 12.0. The van der Waals surface area contributed by atoms with Crippen molar-refractivity contribution >= 4 is 22.8 Å². The van der Waals surface area contributed by atoms with Crippen LogP contribution in [-0.4, -0.2) is 28.3 Å². The lowest BCUT2D eigenvalue weighted by atomic mass is 10.1. The number of carbonyl (C=O) groups excluding carboxylic acids is 2. The molecule has 0 aliphatic rings. The summed E-state index contributed by atoms with van der Waals surface area (Å²) < 4.78 is 0. The van der Waals surface area contributed by atoms with E-state index in [9.17, 15) is 9.59 Å². The Morgan fingerprint density at radius 3 is 2.50 bits per heavy atom. The molecule has 0 aliphatic heterocycles. The molecule has 26 heavy (non-hydrogen) atoms. The third-order valence-corrected chi connectivity index (χ3v) is 4.09. The van der Waals surface area contributed by atoms with E-state index in [0.29, 0.717) is 11.4 Å². The van der Waals surface area contributed by atoms with Gasteiger partial charge in [0, 0.05) is 5.56 Å². The van der Waals surface area contributed by atoms with Gasteiger partial charge in [-0.05, 0) is 45.0 Å². The average Bonchev–Trinajstić information content (AvgIpc) is 3.03. The van der Waals surface area contributed by atoms with E-state index < -0.39 is 0 Å². The first-order valence-corrected chi connectivity index (χ1v) is 8.53. The number of fused-ring (bicyclic) bond motifs is 1. The van der Waals surface area contributed by atoms with Crippen LogP contribution in [0.2, 0.25) is 0 Å². The molecule has 3 rings (SSSR count). The molecule has 3 N–H and O–H groups in total. The molecular formula is C20H22N4O2. The molecule has 1 aromatic heterocycles. The Labute approximate surface area is 152 Å². The van der Waals surface area contributed by atoms with E-state index in [2.05, 4.69) is 20.6 Å². The van der Waals surface area contributed by atoms with Crippen molar-refractivity contribution in [3.8, 4) is 0 Å². The van der Waals surface area contributed by atoms with Gasteiger partial charge in [-0.2, -0.15) is 0 Å². The van der Waals surface area contributed by atoms with E-state index in [1.807, 2.05) is 51.1 Å². The van der Waals surface area contributed by atoms with E-state index >= 15 is 0 Å². The molecule has 0 radical (unpaired) electrons. The largest absolute Gasteiger partial charge is 0.345 e. The number of nitrogens with one attached hydrogen (secondary N) is 3. The molecule has 1 atom stereocenters. The van der Waals surface area contributed by atoms with Gasteiger partial charge in [-0.3, -0.25) is 9.59 Å². The molecule has 6 heteroatoms. The summed E-state index contributed by atoms with van der Waals surface area (Å²) >= 11 is 0. The molecule has 0 saturated carbocycles. The lowest BCUT2D eigenvalue weighted by Gasteiger charge is -2.12. The minimum Gasteiger partial charge on any atom is -0.345 e. The minimum atomic E-state index is -0.284. The Kier molecular flexibility index (Phi) is 5.02.